The van der Waals surface area contributed by atoms with Gasteiger partial charge in [0.15, 0.2) is 5.78 Å². The van der Waals surface area contributed by atoms with Crippen molar-refractivity contribution < 1.29 is 14.6 Å². The Labute approximate surface area is 138 Å². The number of phenols is 1. The summed E-state index contributed by atoms with van der Waals surface area (Å²) in [6.07, 6.45) is 3.14. The van der Waals surface area contributed by atoms with Gasteiger partial charge in [0.25, 0.3) is 0 Å². The number of hydrogen-bond acceptors (Lipinski definition) is 3. The molecule has 0 aliphatic carbocycles. The SMILES string of the molecule is COc1c(C)cc(Br)cc1C=CC(=O)c1cc(C)ccc1O. The minimum absolute atomic E-state index is 0.0161. The van der Waals surface area contributed by atoms with Crippen LogP contribution in [-0.2, 0) is 0 Å². The van der Waals surface area contributed by atoms with Crippen molar-refractivity contribution >= 4 is 27.8 Å². The van der Waals surface area contributed by atoms with E-state index in [1.54, 1.807) is 25.3 Å². The summed E-state index contributed by atoms with van der Waals surface area (Å²) in [5, 5.41) is 9.80. The van der Waals surface area contributed by atoms with E-state index >= 15 is 0 Å². The van der Waals surface area contributed by atoms with Crippen LogP contribution in [0.2, 0.25) is 0 Å². The molecule has 114 valence electrons. The normalized spacial score (nSPS) is 10.9. The van der Waals surface area contributed by atoms with Crippen molar-refractivity contribution in [2.45, 2.75) is 13.8 Å². The molecule has 2 aromatic carbocycles. The third-order valence-electron chi connectivity index (χ3n) is 3.30. The van der Waals surface area contributed by atoms with E-state index in [2.05, 4.69) is 15.9 Å². The van der Waals surface area contributed by atoms with Crippen LogP contribution >= 0.6 is 15.9 Å². The van der Waals surface area contributed by atoms with Gasteiger partial charge in [0, 0.05) is 10.0 Å². The topological polar surface area (TPSA) is 46.5 Å². The van der Waals surface area contributed by atoms with E-state index in [4.69, 9.17) is 4.74 Å². The van der Waals surface area contributed by atoms with Crippen LogP contribution in [0.4, 0.5) is 0 Å². The van der Waals surface area contributed by atoms with Crippen LogP contribution in [0.1, 0.15) is 27.0 Å². The molecule has 0 fully saturated rings. The van der Waals surface area contributed by atoms with Crippen molar-refractivity contribution in [3.63, 3.8) is 0 Å². The van der Waals surface area contributed by atoms with Crippen LogP contribution in [0.25, 0.3) is 6.08 Å². The molecule has 0 saturated carbocycles. The maximum absolute atomic E-state index is 12.3. The zero-order valence-corrected chi connectivity index (χ0v) is 14.3. The van der Waals surface area contributed by atoms with Crippen molar-refractivity contribution in [1.82, 2.24) is 0 Å². The molecule has 0 radical (unpaired) electrons. The quantitative estimate of drug-likeness (QED) is 0.636. The minimum Gasteiger partial charge on any atom is -0.507 e. The average Bonchev–Trinajstić information content (AvgIpc) is 2.46. The van der Waals surface area contributed by atoms with Gasteiger partial charge in [0.1, 0.15) is 11.5 Å². The summed E-state index contributed by atoms with van der Waals surface area (Å²) in [7, 11) is 1.60. The number of halogens is 1. The summed E-state index contributed by atoms with van der Waals surface area (Å²) in [5.41, 5.74) is 2.99. The summed E-state index contributed by atoms with van der Waals surface area (Å²) in [5.74, 6) is 0.458. The maximum Gasteiger partial charge on any atom is 0.189 e. The molecule has 0 amide bonds. The highest BCUT2D eigenvalue weighted by atomic mass is 79.9. The molecular weight excluding hydrogens is 344 g/mol. The fraction of sp³-hybridized carbons (Fsp3) is 0.167. The van der Waals surface area contributed by atoms with Crippen LogP contribution < -0.4 is 4.74 Å². The number of phenolic OH excluding ortho intramolecular Hbond substituents is 1. The Morgan fingerprint density at radius 1 is 1.23 bits per heavy atom. The van der Waals surface area contributed by atoms with E-state index in [1.165, 1.54) is 12.1 Å². The Balaban J connectivity index is 2.36. The molecule has 22 heavy (non-hydrogen) atoms. The van der Waals surface area contributed by atoms with Crippen LogP contribution in [-0.4, -0.2) is 18.0 Å². The number of carbonyl (C=O) groups excluding carboxylic acids is 1. The third kappa shape index (κ3) is 3.57. The number of rotatable bonds is 4. The van der Waals surface area contributed by atoms with Gasteiger partial charge in [-0.15, -0.1) is 0 Å². The minimum atomic E-state index is -0.249. The van der Waals surface area contributed by atoms with Crippen LogP contribution in [0.3, 0.4) is 0 Å². The lowest BCUT2D eigenvalue weighted by Crippen LogP contribution is -1.96. The molecule has 2 rings (SSSR count). The van der Waals surface area contributed by atoms with Gasteiger partial charge in [0.05, 0.1) is 12.7 Å². The Bertz CT molecular complexity index is 748. The number of ether oxygens (including phenoxy) is 1. The molecule has 2 aromatic rings. The number of carbonyl (C=O) groups is 1. The highest BCUT2D eigenvalue weighted by Gasteiger charge is 2.10. The molecule has 0 unspecified atom stereocenters. The number of aryl methyl sites for hydroxylation is 2. The van der Waals surface area contributed by atoms with Crippen molar-refractivity contribution in [2.24, 2.45) is 0 Å². The van der Waals surface area contributed by atoms with Crippen molar-refractivity contribution in [3.05, 3.63) is 63.1 Å². The molecule has 0 heterocycles. The molecule has 3 nitrogen and oxygen atoms in total. The van der Waals surface area contributed by atoms with Gasteiger partial charge in [-0.2, -0.15) is 0 Å². The Kier molecular flexibility index (Phi) is 5.03. The van der Waals surface area contributed by atoms with Gasteiger partial charge in [-0.05, 0) is 55.8 Å². The van der Waals surface area contributed by atoms with Crippen molar-refractivity contribution in [3.8, 4) is 11.5 Å². The highest BCUT2D eigenvalue weighted by Crippen LogP contribution is 2.29. The van der Waals surface area contributed by atoms with Crippen molar-refractivity contribution in [1.29, 1.82) is 0 Å². The Morgan fingerprint density at radius 2 is 1.95 bits per heavy atom. The number of hydrogen-bond donors (Lipinski definition) is 1. The van der Waals surface area contributed by atoms with E-state index in [1.807, 2.05) is 26.0 Å². The fourth-order valence-electron chi connectivity index (χ4n) is 2.26. The molecule has 0 spiro atoms. The third-order valence-corrected chi connectivity index (χ3v) is 3.76. The predicted molar refractivity (Wildman–Crippen MR) is 91.6 cm³/mol. The lowest BCUT2D eigenvalue weighted by molar-refractivity contribution is 0.104. The standard InChI is InChI=1S/C18H17BrO3/c1-11-4-6-16(20)15(8-11)17(21)7-5-13-10-14(19)9-12(2)18(13)22-3/h4-10,20H,1-3H3. The number of methoxy groups -OCH3 is 1. The predicted octanol–water partition coefficient (Wildman–Crippen LogP) is 4.68. The molecule has 0 aromatic heterocycles. The summed E-state index contributed by atoms with van der Waals surface area (Å²) < 4.78 is 6.29. The summed E-state index contributed by atoms with van der Waals surface area (Å²) in [6, 6.07) is 8.79. The molecular formula is C18H17BrO3. The van der Waals surface area contributed by atoms with Gasteiger partial charge in [-0.3, -0.25) is 4.79 Å². The first-order valence-electron chi connectivity index (χ1n) is 6.78. The van der Waals surface area contributed by atoms with Gasteiger partial charge < -0.3 is 9.84 Å². The van der Waals surface area contributed by atoms with Crippen LogP contribution in [0, 0.1) is 13.8 Å². The Hall–Kier alpha value is -2.07. The fourth-order valence-corrected chi connectivity index (χ4v) is 2.85. The van der Waals surface area contributed by atoms with E-state index < -0.39 is 0 Å². The molecule has 1 N–H and O–H groups in total. The zero-order chi connectivity index (χ0) is 16.3. The first-order chi connectivity index (χ1) is 10.4. The summed E-state index contributed by atoms with van der Waals surface area (Å²) in [4.78, 5) is 12.3. The molecule has 0 bridgehead atoms. The molecule has 0 atom stereocenters. The highest BCUT2D eigenvalue weighted by molar-refractivity contribution is 9.10. The molecule has 4 heteroatoms. The van der Waals surface area contributed by atoms with Gasteiger partial charge in [0.2, 0.25) is 0 Å². The lowest BCUT2D eigenvalue weighted by Gasteiger charge is -2.09. The summed E-state index contributed by atoms with van der Waals surface area (Å²) >= 11 is 3.44. The Morgan fingerprint density at radius 3 is 2.64 bits per heavy atom. The van der Waals surface area contributed by atoms with E-state index in [-0.39, 0.29) is 11.5 Å². The second kappa shape index (κ2) is 6.79. The average molecular weight is 361 g/mol. The summed E-state index contributed by atoms with van der Waals surface area (Å²) in [6.45, 7) is 3.82. The number of benzene rings is 2. The first-order valence-corrected chi connectivity index (χ1v) is 7.58. The van der Waals surface area contributed by atoms with E-state index in [9.17, 15) is 9.90 Å². The largest absolute Gasteiger partial charge is 0.507 e. The number of allylic oxidation sites excluding steroid dienone is 1. The van der Waals surface area contributed by atoms with Gasteiger partial charge >= 0.3 is 0 Å². The number of ketones is 1. The number of aromatic hydroxyl groups is 1. The molecule has 0 aliphatic heterocycles. The first kappa shape index (κ1) is 16.3. The lowest BCUT2D eigenvalue weighted by atomic mass is 10.0. The van der Waals surface area contributed by atoms with Crippen LogP contribution in [0.5, 0.6) is 11.5 Å². The smallest absolute Gasteiger partial charge is 0.189 e. The maximum atomic E-state index is 12.3. The second-order valence-corrected chi connectivity index (χ2v) is 5.98. The second-order valence-electron chi connectivity index (χ2n) is 5.06. The molecule has 0 aliphatic rings. The van der Waals surface area contributed by atoms with Crippen molar-refractivity contribution in [2.75, 3.05) is 7.11 Å². The molecule has 0 saturated heterocycles. The van der Waals surface area contributed by atoms with Gasteiger partial charge in [-0.25, -0.2) is 0 Å². The van der Waals surface area contributed by atoms with Gasteiger partial charge in [-0.1, -0.05) is 27.6 Å². The van der Waals surface area contributed by atoms with Crippen LogP contribution in [0.15, 0.2) is 40.9 Å². The van der Waals surface area contributed by atoms with E-state index in [0.717, 1.165) is 26.9 Å². The van der Waals surface area contributed by atoms with E-state index in [0.29, 0.717) is 5.56 Å². The monoisotopic (exact) mass is 360 g/mol. The zero-order valence-electron chi connectivity index (χ0n) is 12.7.